The van der Waals surface area contributed by atoms with Gasteiger partial charge in [0.2, 0.25) is 0 Å². The minimum Gasteiger partial charge on any atom is -0.167 e. The van der Waals surface area contributed by atoms with Gasteiger partial charge < -0.3 is 0 Å². The van der Waals surface area contributed by atoms with Crippen molar-refractivity contribution < 1.29 is 26.3 Å². The van der Waals surface area contributed by atoms with E-state index in [2.05, 4.69) is 0 Å². The quantitative estimate of drug-likeness (QED) is 0.429. The molecule has 0 aromatic heterocycles. The zero-order valence-corrected chi connectivity index (χ0v) is 6.58. The van der Waals surface area contributed by atoms with Crippen LogP contribution in [0.1, 0.15) is 0 Å². The fraction of sp³-hybridized carbons (Fsp3) is 0.250. The highest BCUT2D eigenvalue weighted by atomic mass is 19.4. The Morgan fingerprint density at radius 2 is 0.929 bits per heavy atom. The maximum atomic E-state index is 11.4. The van der Waals surface area contributed by atoms with Gasteiger partial charge in [-0.2, -0.15) is 26.3 Å². The minimum absolute atomic E-state index is 0.165. The monoisotopic (exact) mass is 214 g/mol. The molecule has 0 aliphatic rings. The molecule has 0 rings (SSSR count). The predicted octanol–water partition coefficient (Wildman–Crippen LogP) is 3.23. The van der Waals surface area contributed by atoms with E-state index >= 15 is 0 Å². The lowest BCUT2D eigenvalue weighted by molar-refractivity contribution is -0.0807. The number of halogens is 6. The van der Waals surface area contributed by atoms with Gasteiger partial charge >= 0.3 is 12.4 Å². The van der Waals surface area contributed by atoms with Crippen molar-refractivity contribution in [3.63, 3.8) is 0 Å². The van der Waals surface area contributed by atoms with Crippen LogP contribution in [0.4, 0.5) is 26.3 Å². The molecule has 0 saturated heterocycles. The number of allylic oxidation sites excluding steroid dienone is 4. The first kappa shape index (κ1) is 12.6. The summed E-state index contributed by atoms with van der Waals surface area (Å²) in [5.41, 5.74) is 0. The van der Waals surface area contributed by atoms with E-state index < -0.39 is 12.4 Å². The van der Waals surface area contributed by atoms with Crippen molar-refractivity contribution >= 4 is 0 Å². The number of hydrogen-bond donors (Lipinski definition) is 0. The van der Waals surface area contributed by atoms with Crippen molar-refractivity contribution in [2.75, 3.05) is 0 Å². The lowest BCUT2D eigenvalue weighted by Gasteiger charge is -1.94. The summed E-state index contributed by atoms with van der Waals surface area (Å²) >= 11 is 0. The van der Waals surface area contributed by atoms with E-state index in [0.29, 0.717) is 12.2 Å². The van der Waals surface area contributed by atoms with Crippen LogP contribution < -0.4 is 0 Å². The van der Waals surface area contributed by atoms with Crippen LogP contribution >= 0.6 is 0 Å². The summed E-state index contributed by atoms with van der Waals surface area (Å²) in [6, 6.07) is 0. The highest BCUT2D eigenvalue weighted by Crippen LogP contribution is 2.16. The normalized spacial score (nSPS) is 13.3. The van der Waals surface area contributed by atoms with Crippen LogP contribution in [0, 0.1) is 11.8 Å². The summed E-state index contributed by atoms with van der Waals surface area (Å²) in [5.74, 6) is 3.55. The van der Waals surface area contributed by atoms with E-state index in [4.69, 9.17) is 0 Å². The molecule has 0 amide bonds. The summed E-state index contributed by atoms with van der Waals surface area (Å²) < 4.78 is 68.4. The molecule has 0 bridgehead atoms. The Bertz CT molecular complexity index is 252. The predicted molar refractivity (Wildman–Crippen MR) is 38.2 cm³/mol. The Kier molecular flexibility index (Phi) is 4.28. The molecular formula is C8H4F6. The minimum atomic E-state index is -4.50. The molecule has 0 aromatic carbocycles. The van der Waals surface area contributed by atoms with Crippen LogP contribution in [0.3, 0.4) is 0 Å². The highest BCUT2D eigenvalue weighted by Gasteiger charge is 2.22. The third-order valence-electron chi connectivity index (χ3n) is 0.795. The molecule has 6 heteroatoms. The fourth-order valence-electron chi connectivity index (χ4n) is 0.369. The van der Waals surface area contributed by atoms with Crippen LogP contribution in [-0.4, -0.2) is 12.4 Å². The number of alkyl halides is 6. The van der Waals surface area contributed by atoms with Gasteiger partial charge in [0.25, 0.3) is 0 Å². The molecule has 0 aromatic rings. The van der Waals surface area contributed by atoms with Crippen LogP contribution in [0.2, 0.25) is 0 Å². The van der Waals surface area contributed by atoms with Crippen molar-refractivity contribution in [2.24, 2.45) is 0 Å². The largest absolute Gasteiger partial charge is 0.410 e. The fourth-order valence-corrected chi connectivity index (χ4v) is 0.369. The van der Waals surface area contributed by atoms with E-state index in [9.17, 15) is 26.3 Å². The van der Waals surface area contributed by atoms with Gasteiger partial charge in [0.05, 0.1) is 0 Å². The summed E-state index contributed by atoms with van der Waals surface area (Å²) in [7, 11) is 0. The molecule has 0 radical (unpaired) electrons. The second-order valence-electron chi connectivity index (χ2n) is 2.04. The first-order valence-electron chi connectivity index (χ1n) is 3.21. The Balaban J connectivity index is 4.10. The summed E-state index contributed by atoms with van der Waals surface area (Å²) in [5, 5.41) is 0. The van der Waals surface area contributed by atoms with Gasteiger partial charge in [-0.25, -0.2) is 0 Å². The van der Waals surface area contributed by atoms with Gasteiger partial charge in [0.1, 0.15) is 0 Å². The van der Waals surface area contributed by atoms with Crippen molar-refractivity contribution in [2.45, 2.75) is 12.4 Å². The van der Waals surface area contributed by atoms with Crippen molar-refractivity contribution in [3.05, 3.63) is 24.3 Å². The summed E-state index contributed by atoms with van der Waals surface area (Å²) in [6.07, 6.45) is -8.46. The second-order valence-corrected chi connectivity index (χ2v) is 2.04. The molecule has 0 N–H and O–H groups in total. The molecular weight excluding hydrogens is 210 g/mol. The molecule has 0 spiro atoms. The van der Waals surface area contributed by atoms with E-state index in [1.54, 1.807) is 11.8 Å². The molecule has 0 nitrogen and oxygen atoms in total. The van der Waals surface area contributed by atoms with Gasteiger partial charge in [-0.05, 0) is 12.2 Å². The Labute approximate surface area is 75.9 Å². The standard InChI is InChI=1S/C8H4F6/c9-7(10,11)5-3-1-2-4-6-8(12,13)14/h3-6H/b5-3+,6-4+. The van der Waals surface area contributed by atoms with E-state index in [1.807, 2.05) is 0 Å². The molecule has 0 aliphatic heterocycles. The maximum absolute atomic E-state index is 11.4. The average molecular weight is 214 g/mol. The molecule has 0 aliphatic carbocycles. The van der Waals surface area contributed by atoms with Crippen LogP contribution in [0.5, 0.6) is 0 Å². The van der Waals surface area contributed by atoms with Gasteiger partial charge in [-0.3, -0.25) is 0 Å². The molecule has 0 unspecified atom stereocenters. The number of rotatable bonds is 0. The third-order valence-corrected chi connectivity index (χ3v) is 0.795. The molecule has 0 heterocycles. The zero-order valence-electron chi connectivity index (χ0n) is 6.58. The SMILES string of the molecule is FC(F)(F)/C=C/C#C/C=C/C(F)(F)F. The molecule has 0 saturated carbocycles. The average Bonchev–Trinajstić information content (AvgIpc) is 1.92. The molecule has 78 valence electrons. The van der Waals surface area contributed by atoms with Crippen LogP contribution in [0.25, 0.3) is 0 Å². The lowest BCUT2D eigenvalue weighted by Crippen LogP contribution is -2.00. The van der Waals surface area contributed by atoms with Gasteiger partial charge in [0.15, 0.2) is 0 Å². The first-order chi connectivity index (χ1) is 6.21. The highest BCUT2D eigenvalue weighted by molar-refractivity contribution is 5.24. The zero-order chi connectivity index (χ0) is 11.2. The Morgan fingerprint density at radius 3 is 1.14 bits per heavy atom. The van der Waals surface area contributed by atoms with Crippen molar-refractivity contribution in [3.8, 4) is 11.8 Å². The van der Waals surface area contributed by atoms with Crippen LogP contribution in [-0.2, 0) is 0 Å². The van der Waals surface area contributed by atoms with Gasteiger partial charge in [-0.15, -0.1) is 0 Å². The smallest absolute Gasteiger partial charge is 0.167 e. The van der Waals surface area contributed by atoms with Gasteiger partial charge in [0, 0.05) is 12.2 Å². The summed E-state index contributed by atoms with van der Waals surface area (Å²) in [6.45, 7) is 0. The maximum Gasteiger partial charge on any atom is 0.410 e. The van der Waals surface area contributed by atoms with Crippen molar-refractivity contribution in [1.82, 2.24) is 0 Å². The van der Waals surface area contributed by atoms with Gasteiger partial charge in [-0.1, -0.05) is 11.8 Å². The van der Waals surface area contributed by atoms with Crippen LogP contribution in [0.15, 0.2) is 24.3 Å². The molecule has 0 fully saturated rings. The molecule has 0 atom stereocenters. The van der Waals surface area contributed by atoms with E-state index in [0.717, 1.165) is 0 Å². The third kappa shape index (κ3) is 10.6. The Morgan fingerprint density at radius 1 is 0.643 bits per heavy atom. The molecule has 14 heavy (non-hydrogen) atoms. The summed E-state index contributed by atoms with van der Waals surface area (Å²) in [4.78, 5) is 0. The first-order valence-corrected chi connectivity index (χ1v) is 3.21. The lowest BCUT2D eigenvalue weighted by atomic mass is 10.4. The van der Waals surface area contributed by atoms with Crippen molar-refractivity contribution in [1.29, 1.82) is 0 Å². The topological polar surface area (TPSA) is 0 Å². The Hall–Kier alpha value is -1.38. The van der Waals surface area contributed by atoms with E-state index in [1.165, 1.54) is 0 Å². The number of hydrogen-bond acceptors (Lipinski definition) is 0. The second kappa shape index (κ2) is 4.74. The van der Waals surface area contributed by atoms with E-state index in [-0.39, 0.29) is 12.2 Å².